The van der Waals surface area contributed by atoms with Crippen LogP contribution in [-0.2, 0) is 4.74 Å². The number of ether oxygens (including phenoxy) is 1. The number of hydrogen-bond donors (Lipinski definition) is 0. The zero-order valence-corrected chi connectivity index (χ0v) is 7.09. The molecule has 1 atom stereocenters. The minimum absolute atomic E-state index is 1.91. The Morgan fingerprint density at radius 1 is 0.938 bits per heavy atom. The minimum atomic E-state index is -6.05. The molecular weight excluding hydrogens is 259 g/mol. The van der Waals surface area contributed by atoms with Crippen molar-refractivity contribution in [2.75, 3.05) is 0 Å². The smallest absolute Gasteiger partial charge is 0.426 e. The second kappa shape index (κ2) is 4.06. The average Bonchev–Trinajstić information content (AvgIpc) is 1.98. The van der Waals surface area contributed by atoms with E-state index in [1.807, 2.05) is 6.58 Å². The maximum atomic E-state index is 12.2. The lowest BCUT2D eigenvalue weighted by Crippen LogP contribution is -2.44. The summed E-state index contributed by atoms with van der Waals surface area (Å²) in [6, 6.07) is 0. The molecule has 0 aliphatic heterocycles. The first-order valence-corrected chi connectivity index (χ1v) is 3.32. The number of rotatable bonds is 3. The second-order valence-electron chi connectivity index (χ2n) is 2.49. The maximum absolute atomic E-state index is 12.2. The quantitative estimate of drug-likeness (QED) is 0.558. The van der Waals surface area contributed by atoms with Gasteiger partial charge in [-0.3, -0.25) is 0 Å². The first-order chi connectivity index (χ1) is 6.78. The van der Waals surface area contributed by atoms with E-state index < -0.39 is 30.4 Å². The predicted octanol–water partition coefficient (Wildman–Crippen LogP) is 3.57. The van der Waals surface area contributed by atoms with Crippen LogP contribution in [0.2, 0.25) is 0 Å². The lowest BCUT2D eigenvalue weighted by atomic mass is 10.3. The van der Waals surface area contributed by atoms with Crippen molar-refractivity contribution in [1.29, 1.82) is 0 Å². The Bertz CT molecular complexity index is 262. The van der Waals surface area contributed by atoms with Crippen LogP contribution in [0.25, 0.3) is 0 Å². The second-order valence-corrected chi connectivity index (χ2v) is 2.49. The van der Waals surface area contributed by atoms with Crippen LogP contribution in [-0.4, -0.2) is 24.6 Å². The highest BCUT2D eigenvalue weighted by atomic mass is 19.4. The first kappa shape index (κ1) is 14.9. The lowest BCUT2D eigenvalue weighted by molar-refractivity contribution is -0.335. The molecule has 10 heteroatoms. The molecule has 0 fully saturated rings. The predicted molar refractivity (Wildman–Crippen MR) is 32.2 cm³/mol. The zero-order valence-electron chi connectivity index (χ0n) is 7.09. The van der Waals surface area contributed by atoms with E-state index in [4.69, 9.17) is 0 Å². The molecule has 0 spiro atoms. The van der Waals surface area contributed by atoms with Gasteiger partial charge in [0.2, 0.25) is 0 Å². The topological polar surface area (TPSA) is 9.23 Å². The summed E-state index contributed by atoms with van der Waals surface area (Å²) < 4.78 is 108. The lowest BCUT2D eigenvalue weighted by Gasteiger charge is -2.24. The molecule has 0 saturated heterocycles. The highest BCUT2D eigenvalue weighted by Gasteiger charge is 2.60. The van der Waals surface area contributed by atoms with E-state index in [0.717, 1.165) is 0 Å². The highest BCUT2D eigenvalue weighted by molar-refractivity contribution is 4.94. The molecule has 0 aromatic rings. The van der Waals surface area contributed by atoms with Crippen molar-refractivity contribution in [3.05, 3.63) is 12.3 Å². The van der Waals surface area contributed by atoms with Gasteiger partial charge in [-0.1, -0.05) is 6.58 Å². The minimum Gasteiger partial charge on any atom is -0.426 e. The third-order valence-electron chi connectivity index (χ3n) is 1.16. The van der Waals surface area contributed by atoms with Gasteiger partial charge >= 0.3 is 18.5 Å². The number of alkyl halides is 9. The fraction of sp³-hybridized carbons (Fsp3) is 0.667. The fourth-order valence-electron chi connectivity index (χ4n) is 0.464. The van der Waals surface area contributed by atoms with Crippen LogP contribution in [0.3, 0.4) is 0 Å². The van der Waals surface area contributed by atoms with Gasteiger partial charge in [0, 0.05) is 0 Å². The highest BCUT2D eigenvalue weighted by Crippen LogP contribution is 2.39. The van der Waals surface area contributed by atoms with Gasteiger partial charge in [-0.2, -0.15) is 35.1 Å². The molecule has 0 aliphatic rings. The van der Waals surface area contributed by atoms with Crippen molar-refractivity contribution in [1.82, 2.24) is 0 Å². The van der Waals surface area contributed by atoms with Crippen LogP contribution in [0.4, 0.5) is 39.5 Å². The maximum Gasteiger partial charge on any atom is 0.448 e. The van der Waals surface area contributed by atoms with Crippen molar-refractivity contribution in [2.45, 2.75) is 24.6 Å². The van der Waals surface area contributed by atoms with Crippen LogP contribution < -0.4 is 0 Å². The van der Waals surface area contributed by atoms with Gasteiger partial charge in [0.05, 0.1) is 0 Å². The third kappa shape index (κ3) is 3.81. The average molecular weight is 262 g/mol. The molecule has 16 heavy (non-hydrogen) atoms. The summed E-state index contributed by atoms with van der Waals surface area (Å²) in [5.41, 5.74) is 0. The normalized spacial score (nSPS) is 15.8. The Balaban J connectivity index is 4.77. The number of allylic oxidation sites excluding steroid dienone is 1. The molecule has 0 heterocycles. The molecule has 0 aromatic heterocycles. The molecule has 0 amide bonds. The summed E-state index contributed by atoms with van der Waals surface area (Å²) in [5, 5.41) is 0. The summed E-state index contributed by atoms with van der Waals surface area (Å²) in [4.78, 5) is 0. The fourth-order valence-corrected chi connectivity index (χ4v) is 0.464. The molecule has 0 rings (SSSR count). The third-order valence-corrected chi connectivity index (χ3v) is 1.16. The van der Waals surface area contributed by atoms with Crippen molar-refractivity contribution in [2.24, 2.45) is 0 Å². The van der Waals surface area contributed by atoms with E-state index in [1.165, 1.54) is 0 Å². The van der Waals surface area contributed by atoms with Crippen LogP contribution in [0.1, 0.15) is 0 Å². The molecular formula is C6H3F9O. The molecule has 96 valence electrons. The van der Waals surface area contributed by atoms with Crippen molar-refractivity contribution >= 4 is 0 Å². The molecule has 0 aliphatic carbocycles. The van der Waals surface area contributed by atoms with E-state index >= 15 is 0 Å². The Morgan fingerprint density at radius 2 is 1.31 bits per heavy atom. The SMILES string of the molecule is C=C(OC(F)(F)C(F)C(F)(F)F)C(F)(F)F. The zero-order chi connectivity index (χ0) is 13.4. The van der Waals surface area contributed by atoms with Crippen LogP contribution in [0, 0.1) is 0 Å². The van der Waals surface area contributed by atoms with Crippen LogP contribution >= 0.6 is 0 Å². The summed E-state index contributed by atoms with van der Waals surface area (Å²) in [6.45, 7) is 1.91. The monoisotopic (exact) mass is 262 g/mol. The van der Waals surface area contributed by atoms with Crippen LogP contribution in [0.5, 0.6) is 0 Å². The Morgan fingerprint density at radius 3 is 1.56 bits per heavy atom. The van der Waals surface area contributed by atoms with Gasteiger partial charge in [-0.05, 0) is 0 Å². The standard InChI is InChI=1S/C6H3F9O/c1-2(4(8,9)10)16-6(14,15)3(7)5(11,12)13/h3H,1H2. The van der Waals surface area contributed by atoms with Crippen molar-refractivity contribution < 1.29 is 44.3 Å². The van der Waals surface area contributed by atoms with Gasteiger partial charge in [0.25, 0.3) is 6.17 Å². The summed E-state index contributed by atoms with van der Waals surface area (Å²) in [6.07, 6.45) is -22.1. The molecule has 0 N–H and O–H groups in total. The Labute approximate surface area is 82.5 Å². The number of halogens is 9. The van der Waals surface area contributed by atoms with Gasteiger partial charge in [-0.25, -0.2) is 4.39 Å². The van der Waals surface area contributed by atoms with Gasteiger partial charge < -0.3 is 4.74 Å². The van der Waals surface area contributed by atoms with Crippen molar-refractivity contribution in [3.8, 4) is 0 Å². The molecule has 0 aromatic carbocycles. The van der Waals surface area contributed by atoms with E-state index in [9.17, 15) is 39.5 Å². The van der Waals surface area contributed by atoms with Crippen LogP contribution in [0.15, 0.2) is 12.3 Å². The summed E-state index contributed by atoms with van der Waals surface area (Å²) in [5.74, 6) is -2.62. The van der Waals surface area contributed by atoms with Gasteiger partial charge in [0.15, 0.2) is 5.76 Å². The largest absolute Gasteiger partial charge is 0.448 e. The molecule has 1 nitrogen and oxygen atoms in total. The Kier molecular flexibility index (Phi) is 3.78. The van der Waals surface area contributed by atoms with Crippen molar-refractivity contribution in [3.63, 3.8) is 0 Å². The summed E-state index contributed by atoms with van der Waals surface area (Å²) >= 11 is 0. The molecule has 0 saturated carbocycles. The first-order valence-electron chi connectivity index (χ1n) is 3.32. The van der Waals surface area contributed by atoms with E-state index in [0.29, 0.717) is 0 Å². The van der Waals surface area contributed by atoms with Gasteiger partial charge in [-0.15, -0.1) is 0 Å². The Hall–Kier alpha value is -1.09. The van der Waals surface area contributed by atoms with E-state index in [-0.39, 0.29) is 0 Å². The molecule has 1 unspecified atom stereocenters. The van der Waals surface area contributed by atoms with Gasteiger partial charge in [0.1, 0.15) is 0 Å². The van der Waals surface area contributed by atoms with E-state index in [1.54, 1.807) is 0 Å². The summed E-state index contributed by atoms with van der Waals surface area (Å²) in [7, 11) is 0. The number of hydrogen-bond acceptors (Lipinski definition) is 1. The molecule has 0 radical (unpaired) electrons. The molecule has 0 bridgehead atoms. The van der Waals surface area contributed by atoms with E-state index in [2.05, 4.69) is 4.74 Å².